The molecular formula is C13H23NO. The van der Waals surface area contributed by atoms with Crippen molar-refractivity contribution in [3.8, 4) is 0 Å². The van der Waals surface area contributed by atoms with Crippen molar-refractivity contribution in [2.75, 3.05) is 13.2 Å². The number of fused-ring (bicyclic) bond motifs is 2. The van der Waals surface area contributed by atoms with E-state index in [1.54, 1.807) is 0 Å². The van der Waals surface area contributed by atoms with Gasteiger partial charge >= 0.3 is 0 Å². The van der Waals surface area contributed by atoms with Crippen LogP contribution in [0.3, 0.4) is 0 Å². The standard InChI is InChI=1S/C13H23NO/c1-13(2,5-6-15)14-9-12-8-10-3-4-11(12)7-10/h3-4,10-12,14-15H,5-9H2,1-2H3. The molecule has 2 aliphatic carbocycles. The molecule has 2 nitrogen and oxygen atoms in total. The molecule has 2 N–H and O–H groups in total. The van der Waals surface area contributed by atoms with Crippen LogP contribution in [0.4, 0.5) is 0 Å². The van der Waals surface area contributed by atoms with Crippen molar-refractivity contribution in [3.05, 3.63) is 12.2 Å². The van der Waals surface area contributed by atoms with Gasteiger partial charge in [-0.2, -0.15) is 0 Å². The monoisotopic (exact) mass is 209 g/mol. The summed E-state index contributed by atoms with van der Waals surface area (Å²) in [6.07, 6.45) is 8.37. The Hall–Kier alpha value is -0.340. The Morgan fingerprint density at radius 2 is 2.13 bits per heavy atom. The highest BCUT2D eigenvalue weighted by molar-refractivity contribution is 5.10. The normalized spacial score (nSPS) is 33.9. The Balaban J connectivity index is 1.77. The molecule has 0 radical (unpaired) electrons. The number of hydrogen-bond acceptors (Lipinski definition) is 2. The van der Waals surface area contributed by atoms with Gasteiger partial charge in [0.1, 0.15) is 0 Å². The minimum absolute atomic E-state index is 0.0836. The van der Waals surface area contributed by atoms with Crippen molar-refractivity contribution in [2.45, 2.75) is 38.6 Å². The second-order valence-corrected chi connectivity index (χ2v) is 5.78. The number of allylic oxidation sites excluding steroid dienone is 2. The summed E-state index contributed by atoms with van der Waals surface area (Å²) < 4.78 is 0. The van der Waals surface area contributed by atoms with Gasteiger partial charge in [0.2, 0.25) is 0 Å². The van der Waals surface area contributed by atoms with Gasteiger partial charge in [-0.25, -0.2) is 0 Å². The summed E-state index contributed by atoms with van der Waals surface area (Å²) in [6, 6.07) is 0. The zero-order chi connectivity index (χ0) is 10.9. The molecule has 0 saturated heterocycles. The van der Waals surface area contributed by atoms with Crippen molar-refractivity contribution >= 4 is 0 Å². The van der Waals surface area contributed by atoms with Crippen molar-refractivity contribution in [3.63, 3.8) is 0 Å². The van der Waals surface area contributed by atoms with Crippen LogP contribution in [0.5, 0.6) is 0 Å². The maximum absolute atomic E-state index is 8.95. The van der Waals surface area contributed by atoms with E-state index >= 15 is 0 Å². The Labute approximate surface area is 92.8 Å². The van der Waals surface area contributed by atoms with Crippen LogP contribution in [-0.2, 0) is 0 Å². The summed E-state index contributed by atoms with van der Waals surface area (Å²) in [4.78, 5) is 0. The average Bonchev–Trinajstić information content (AvgIpc) is 2.75. The van der Waals surface area contributed by atoms with Crippen molar-refractivity contribution in [2.24, 2.45) is 17.8 Å². The summed E-state index contributed by atoms with van der Waals surface area (Å²) in [6.45, 7) is 5.73. The zero-order valence-electron chi connectivity index (χ0n) is 9.87. The lowest BCUT2D eigenvalue weighted by atomic mass is 9.92. The van der Waals surface area contributed by atoms with Gasteiger partial charge < -0.3 is 10.4 Å². The molecular weight excluding hydrogens is 186 g/mol. The van der Waals surface area contributed by atoms with Crippen molar-refractivity contribution in [1.82, 2.24) is 5.32 Å². The van der Waals surface area contributed by atoms with E-state index in [-0.39, 0.29) is 12.1 Å². The maximum atomic E-state index is 8.95. The van der Waals surface area contributed by atoms with Crippen molar-refractivity contribution < 1.29 is 5.11 Å². The number of nitrogens with one attached hydrogen (secondary N) is 1. The van der Waals surface area contributed by atoms with Crippen LogP contribution >= 0.6 is 0 Å². The molecule has 2 aliphatic rings. The first-order chi connectivity index (χ1) is 7.11. The van der Waals surface area contributed by atoms with E-state index in [4.69, 9.17) is 5.11 Å². The van der Waals surface area contributed by atoms with Crippen LogP contribution < -0.4 is 5.32 Å². The van der Waals surface area contributed by atoms with Crippen LogP contribution in [0.1, 0.15) is 33.1 Å². The summed E-state index contributed by atoms with van der Waals surface area (Å²) in [5.74, 6) is 2.52. The number of rotatable bonds is 5. The average molecular weight is 209 g/mol. The summed E-state index contributed by atoms with van der Waals surface area (Å²) >= 11 is 0. The molecule has 0 spiro atoms. The molecule has 3 unspecified atom stereocenters. The quantitative estimate of drug-likeness (QED) is 0.678. The van der Waals surface area contributed by atoms with Gasteiger partial charge in [0.25, 0.3) is 0 Å². The Kier molecular flexibility index (Phi) is 3.17. The molecule has 0 aliphatic heterocycles. The Morgan fingerprint density at radius 3 is 2.67 bits per heavy atom. The van der Waals surface area contributed by atoms with Crippen LogP contribution in [0.2, 0.25) is 0 Å². The van der Waals surface area contributed by atoms with Gasteiger partial charge in [-0.15, -0.1) is 0 Å². The topological polar surface area (TPSA) is 32.3 Å². The smallest absolute Gasteiger partial charge is 0.0448 e. The molecule has 3 atom stereocenters. The molecule has 0 aromatic rings. The van der Waals surface area contributed by atoms with Crippen LogP contribution in [0.25, 0.3) is 0 Å². The molecule has 2 bridgehead atoms. The molecule has 1 fully saturated rings. The highest BCUT2D eigenvalue weighted by Crippen LogP contribution is 2.43. The largest absolute Gasteiger partial charge is 0.396 e. The summed E-state index contributed by atoms with van der Waals surface area (Å²) in [7, 11) is 0. The third kappa shape index (κ3) is 2.61. The first kappa shape index (κ1) is 11.2. The lowest BCUT2D eigenvalue weighted by Gasteiger charge is -2.29. The predicted octanol–water partition coefficient (Wildman–Crippen LogP) is 1.95. The second-order valence-electron chi connectivity index (χ2n) is 5.78. The van der Waals surface area contributed by atoms with E-state index in [2.05, 4.69) is 31.3 Å². The SMILES string of the molecule is CC(C)(CCO)NCC1CC2C=CC1C2. The minimum atomic E-state index is 0.0836. The Morgan fingerprint density at radius 1 is 1.33 bits per heavy atom. The van der Waals surface area contributed by atoms with Gasteiger partial charge in [-0.1, -0.05) is 12.2 Å². The number of aliphatic hydroxyl groups excluding tert-OH is 1. The second kappa shape index (κ2) is 4.26. The molecule has 0 amide bonds. The Bertz CT molecular complexity index is 247. The highest BCUT2D eigenvalue weighted by atomic mass is 16.3. The van der Waals surface area contributed by atoms with Gasteiger partial charge in [0, 0.05) is 12.1 Å². The van der Waals surface area contributed by atoms with Crippen LogP contribution in [0, 0.1) is 17.8 Å². The number of hydrogen-bond donors (Lipinski definition) is 2. The minimum Gasteiger partial charge on any atom is -0.396 e. The first-order valence-corrected chi connectivity index (χ1v) is 6.15. The molecule has 0 aromatic heterocycles. The molecule has 86 valence electrons. The molecule has 0 heterocycles. The zero-order valence-corrected chi connectivity index (χ0v) is 9.87. The van der Waals surface area contributed by atoms with E-state index in [1.807, 2.05) is 0 Å². The van der Waals surface area contributed by atoms with E-state index < -0.39 is 0 Å². The van der Waals surface area contributed by atoms with Crippen LogP contribution in [-0.4, -0.2) is 23.8 Å². The van der Waals surface area contributed by atoms with Crippen LogP contribution in [0.15, 0.2) is 12.2 Å². The van der Waals surface area contributed by atoms with Gasteiger partial charge in [0.15, 0.2) is 0 Å². The molecule has 15 heavy (non-hydrogen) atoms. The highest BCUT2D eigenvalue weighted by Gasteiger charge is 2.35. The fourth-order valence-corrected chi connectivity index (χ4v) is 2.90. The lowest BCUT2D eigenvalue weighted by molar-refractivity contribution is 0.222. The summed E-state index contributed by atoms with van der Waals surface area (Å²) in [5, 5.41) is 12.5. The van der Waals surface area contributed by atoms with E-state index in [0.29, 0.717) is 0 Å². The fourth-order valence-electron chi connectivity index (χ4n) is 2.90. The molecule has 1 saturated carbocycles. The molecule has 2 heteroatoms. The van der Waals surface area contributed by atoms with E-state index in [1.165, 1.54) is 12.8 Å². The molecule has 2 rings (SSSR count). The van der Waals surface area contributed by atoms with Gasteiger partial charge in [0.05, 0.1) is 0 Å². The number of aliphatic hydroxyl groups is 1. The van der Waals surface area contributed by atoms with E-state index in [9.17, 15) is 0 Å². The maximum Gasteiger partial charge on any atom is 0.0448 e. The fraction of sp³-hybridized carbons (Fsp3) is 0.846. The van der Waals surface area contributed by atoms with Gasteiger partial charge in [-0.3, -0.25) is 0 Å². The third-order valence-corrected chi connectivity index (χ3v) is 4.00. The predicted molar refractivity (Wildman–Crippen MR) is 62.6 cm³/mol. The third-order valence-electron chi connectivity index (χ3n) is 4.00. The van der Waals surface area contributed by atoms with Crippen molar-refractivity contribution in [1.29, 1.82) is 0 Å². The van der Waals surface area contributed by atoms with Gasteiger partial charge in [-0.05, 0) is 57.4 Å². The first-order valence-electron chi connectivity index (χ1n) is 6.15. The lowest BCUT2D eigenvalue weighted by Crippen LogP contribution is -2.43. The summed E-state index contributed by atoms with van der Waals surface area (Å²) in [5.41, 5.74) is 0.0836. The molecule has 0 aromatic carbocycles. The van der Waals surface area contributed by atoms with E-state index in [0.717, 1.165) is 30.7 Å².